The van der Waals surface area contributed by atoms with Gasteiger partial charge in [0.05, 0.1) is 0 Å². The maximum Gasteiger partial charge on any atom is 0.0454 e. The fourth-order valence-corrected chi connectivity index (χ4v) is 2.98. The molecular formula is C13H21N3S. The summed E-state index contributed by atoms with van der Waals surface area (Å²) in [6.45, 7) is 7.81. The van der Waals surface area contributed by atoms with Gasteiger partial charge in [0.2, 0.25) is 0 Å². The summed E-state index contributed by atoms with van der Waals surface area (Å²) in [4.78, 5) is 3.72. The molecule has 1 saturated heterocycles. The molecular weight excluding hydrogens is 230 g/mol. The monoisotopic (exact) mass is 251 g/mol. The van der Waals surface area contributed by atoms with Gasteiger partial charge in [-0.2, -0.15) is 0 Å². The molecule has 1 heterocycles. The highest BCUT2D eigenvalue weighted by Crippen LogP contribution is 2.25. The molecule has 17 heavy (non-hydrogen) atoms. The van der Waals surface area contributed by atoms with E-state index < -0.39 is 0 Å². The number of benzene rings is 1. The Morgan fingerprint density at radius 1 is 1.35 bits per heavy atom. The van der Waals surface area contributed by atoms with Crippen LogP contribution in [0.25, 0.3) is 0 Å². The van der Waals surface area contributed by atoms with Crippen LogP contribution >= 0.6 is 11.8 Å². The van der Waals surface area contributed by atoms with Crippen LogP contribution in [-0.2, 0) is 0 Å². The quantitative estimate of drug-likeness (QED) is 0.630. The third kappa shape index (κ3) is 3.91. The number of nitrogens with one attached hydrogen (secondary N) is 1. The van der Waals surface area contributed by atoms with Gasteiger partial charge in [0.15, 0.2) is 0 Å². The summed E-state index contributed by atoms with van der Waals surface area (Å²) in [5.74, 6) is 1.12. The van der Waals surface area contributed by atoms with Crippen LogP contribution in [0.1, 0.15) is 5.56 Å². The summed E-state index contributed by atoms with van der Waals surface area (Å²) >= 11 is 1.86. The lowest BCUT2D eigenvalue weighted by Gasteiger charge is -2.26. The lowest BCUT2D eigenvalue weighted by atomic mass is 10.2. The molecule has 0 radical (unpaired) electrons. The van der Waals surface area contributed by atoms with Crippen LogP contribution in [0.2, 0.25) is 0 Å². The van der Waals surface area contributed by atoms with Crippen LogP contribution in [0.5, 0.6) is 0 Å². The smallest absolute Gasteiger partial charge is 0.0454 e. The second-order valence-electron chi connectivity index (χ2n) is 4.48. The Morgan fingerprint density at radius 2 is 2.12 bits per heavy atom. The van der Waals surface area contributed by atoms with Crippen molar-refractivity contribution in [1.82, 2.24) is 10.2 Å². The Bertz CT molecular complexity index is 362. The SMILES string of the molecule is Cc1ccc(SCCN2CCNCC2)c(N)c1. The zero-order valence-corrected chi connectivity index (χ0v) is 11.2. The van der Waals surface area contributed by atoms with Crippen molar-refractivity contribution in [3.05, 3.63) is 23.8 Å². The second kappa shape index (κ2) is 6.28. The van der Waals surface area contributed by atoms with E-state index in [4.69, 9.17) is 5.73 Å². The Labute approximate surface area is 108 Å². The molecule has 2 rings (SSSR count). The van der Waals surface area contributed by atoms with Gasteiger partial charge in [0.1, 0.15) is 0 Å². The zero-order chi connectivity index (χ0) is 12.1. The molecule has 0 aliphatic carbocycles. The first-order valence-electron chi connectivity index (χ1n) is 6.18. The number of piperazine rings is 1. The van der Waals surface area contributed by atoms with Crippen LogP contribution in [0.15, 0.2) is 23.1 Å². The normalized spacial score (nSPS) is 17.2. The molecule has 4 heteroatoms. The molecule has 0 aromatic heterocycles. The molecule has 0 amide bonds. The fourth-order valence-electron chi connectivity index (χ4n) is 2.02. The third-order valence-electron chi connectivity index (χ3n) is 3.04. The maximum atomic E-state index is 6.00. The molecule has 1 aromatic rings. The number of nitrogens with zero attached hydrogens (tertiary/aromatic N) is 1. The number of anilines is 1. The number of hydrogen-bond acceptors (Lipinski definition) is 4. The van der Waals surface area contributed by atoms with Gasteiger partial charge in [-0.25, -0.2) is 0 Å². The van der Waals surface area contributed by atoms with Crippen molar-refractivity contribution >= 4 is 17.4 Å². The molecule has 1 aromatic carbocycles. The summed E-state index contributed by atoms with van der Waals surface area (Å²) in [5.41, 5.74) is 8.14. The number of nitrogens with two attached hydrogens (primary N) is 1. The van der Waals surface area contributed by atoms with E-state index in [-0.39, 0.29) is 0 Å². The van der Waals surface area contributed by atoms with Gasteiger partial charge < -0.3 is 11.1 Å². The summed E-state index contributed by atoms with van der Waals surface area (Å²) < 4.78 is 0. The lowest BCUT2D eigenvalue weighted by Crippen LogP contribution is -2.44. The largest absolute Gasteiger partial charge is 0.398 e. The van der Waals surface area contributed by atoms with Gasteiger partial charge in [0, 0.05) is 49.1 Å². The summed E-state index contributed by atoms with van der Waals surface area (Å²) in [5, 5.41) is 3.37. The molecule has 3 N–H and O–H groups in total. The van der Waals surface area contributed by atoms with E-state index in [1.807, 2.05) is 17.8 Å². The van der Waals surface area contributed by atoms with Crippen LogP contribution in [0, 0.1) is 6.92 Å². The van der Waals surface area contributed by atoms with Crippen molar-refractivity contribution < 1.29 is 0 Å². The average Bonchev–Trinajstić information content (AvgIpc) is 2.33. The summed E-state index contributed by atoms with van der Waals surface area (Å²) in [6, 6.07) is 6.31. The Balaban J connectivity index is 1.77. The zero-order valence-electron chi connectivity index (χ0n) is 10.4. The molecule has 1 aliphatic rings. The summed E-state index contributed by atoms with van der Waals surface area (Å²) in [6.07, 6.45) is 0. The van der Waals surface area contributed by atoms with E-state index in [1.54, 1.807) is 0 Å². The lowest BCUT2D eigenvalue weighted by molar-refractivity contribution is 0.255. The van der Waals surface area contributed by atoms with E-state index in [2.05, 4.69) is 29.3 Å². The van der Waals surface area contributed by atoms with E-state index in [0.29, 0.717) is 0 Å². The van der Waals surface area contributed by atoms with Crippen molar-refractivity contribution in [3.63, 3.8) is 0 Å². The van der Waals surface area contributed by atoms with E-state index in [0.717, 1.165) is 31.1 Å². The number of aryl methyl sites for hydroxylation is 1. The topological polar surface area (TPSA) is 41.3 Å². The van der Waals surface area contributed by atoms with Gasteiger partial charge >= 0.3 is 0 Å². The maximum absolute atomic E-state index is 6.00. The third-order valence-corrected chi connectivity index (χ3v) is 4.11. The van der Waals surface area contributed by atoms with E-state index in [9.17, 15) is 0 Å². The van der Waals surface area contributed by atoms with E-state index in [1.165, 1.54) is 23.5 Å². The van der Waals surface area contributed by atoms with Gasteiger partial charge in [-0.05, 0) is 24.6 Å². The minimum Gasteiger partial charge on any atom is -0.398 e. The van der Waals surface area contributed by atoms with Crippen molar-refractivity contribution in [2.75, 3.05) is 44.2 Å². The Morgan fingerprint density at radius 3 is 2.82 bits per heavy atom. The van der Waals surface area contributed by atoms with Gasteiger partial charge in [-0.15, -0.1) is 11.8 Å². The van der Waals surface area contributed by atoms with Crippen LogP contribution < -0.4 is 11.1 Å². The minimum absolute atomic E-state index is 0.912. The Hall–Kier alpha value is -0.710. The number of thioether (sulfide) groups is 1. The van der Waals surface area contributed by atoms with Gasteiger partial charge in [-0.1, -0.05) is 6.07 Å². The first kappa shape index (κ1) is 12.7. The molecule has 0 spiro atoms. The van der Waals surface area contributed by atoms with E-state index >= 15 is 0 Å². The molecule has 3 nitrogen and oxygen atoms in total. The predicted octanol–water partition coefficient (Wildman–Crippen LogP) is 1.57. The molecule has 1 fully saturated rings. The van der Waals surface area contributed by atoms with Gasteiger partial charge in [0.25, 0.3) is 0 Å². The summed E-state index contributed by atoms with van der Waals surface area (Å²) in [7, 11) is 0. The van der Waals surface area contributed by atoms with Crippen molar-refractivity contribution in [3.8, 4) is 0 Å². The van der Waals surface area contributed by atoms with Crippen LogP contribution in [-0.4, -0.2) is 43.4 Å². The first-order valence-corrected chi connectivity index (χ1v) is 7.16. The van der Waals surface area contributed by atoms with Crippen molar-refractivity contribution in [1.29, 1.82) is 0 Å². The first-order chi connectivity index (χ1) is 8.25. The fraction of sp³-hybridized carbons (Fsp3) is 0.538. The van der Waals surface area contributed by atoms with Crippen LogP contribution in [0.4, 0.5) is 5.69 Å². The van der Waals surface area contributed by atoms with Crippen LogP contribution in [0.3, 0.4) is 0 Å². The van der Waals surface area contributed by atoms with Gasteiger partial charge in [-0.3, -0.25) is 4.90 Å². The highest BCUT2D eigenvalue weighted by molar-refractivity contribution is 7.99. The molecule has 0 unspecified atom stereocenters. The molecule has 94 valence electrons. The molecule has 1 aliphatic heterocycles. The minimum atomic E-state index is 0.912. The number of nitrogen functional groups attached to an aromatic ring is 1. The van der Waals surface area contributed by atoms with Crippen molar-refractivity contribution in [2.24, 2.45) is 0 Å². The highest BCUT2D eigenvalue weighted by Gasteiger charge is 2.09. The number of hydrogen-bond donors (Lipinski definition) is 2. The molecule has 0 saturated carbocycles. The highest BCUT2D eigenvalue weighted by atomic mass is 32.2. The predicted molar refractivity (Wildman–Crippen MR) is 75.6 cm³/mol. The average molecular weight is 251 g/mol. The second-order valence-corrected chi connectivity index (χ2v) is 5.62. The molecule has 0 bridgehead atoms. The standard InChI is InChI=1S/C13H21N3S/c1-11-2-3-13(12(14)10-11)17-9-8-16-6-4-15-5-7-16/h2-3,10,15H,4-9,14H2,1H3. The Kier molecular flexibility index (Phi) is 4.71. The van der Waals surface area contributed by atoms with Crippen molar-refractivity contribution in [2.45, 2.75) is 11.8 Å². The number of rotatable bonds is 4. The molecule has 0 atom stereocenters.